The van der Waals surface area contributed by atoms with Crippen LogP contribution in [0.3, 0.4) is 0 Å². The zero-order valence-electron chi connectivity index (χ0n) is 16.7. The largest absolute Gasteiger partial charge is 0.475 e. The molecule has 2 N–H and O–H groups in total. The average Bonchev–Trinajstić information content (AvgIpc) is 2.84. The van der Waals surface area contributed by atoms with Crippen LogP contribution in [0, 0.1) is 28.6 Å². The van der Waals surface area contributed by atoms with E-state index in [1.54, 1.807) is 13.8 Å². The molecule has 3 saturated carbocycles. The van der Waals surface area contributed by atoms with E-state index in [2.05, 4.69) is 0 Å². The number of carboxylic acid groups (broad SMARTS) is 1. The number of alkyl halides is 2. The Kier molecular flexibility index (Phi) is 4.10. The van der Waals surface area contributed by atoms with Crippen molar-refractivity contribution in [2.24, 2.45) is 28.6 Å². The average molecular weight is 408 g/mol. The first-order chi connectivity index (χ1) is 13.3. The summed E-state index contributed by atoms with van der Waals surface area (Å²) < 4.78 is 32.5. The number of carbonyl (C=O) groups is 3. The van der Waals surface area contributed by atoms with Crippen LogP contribution in [0.15, 0.2) is 23.8 Å². The molecule has 8 atom stereocenters. The minimum Gasteiger partial charge on any atom is -0.475 e. The Morgan fingerprint density at radius 1 is 1.24 bits per heavy atom. The summed E-state index contributed by atoms with van der Waals surface area (Å²) in [7, 11) is 0. The molecule has 4 rings (SSSR count). The highest BCUT2D eigenvalue weighted by atomic mass is 19.2. The van der Waals surface area contributed by atoms with Gasteiger partial charge in [-0.15, -0.1) is 0 Å². The fourth-order valence-corrected chi connectivity index (χ4v) is 7.13. The number of carbonyl (C=O) groups excluding carboxylic acids is 2. The number of fused-ring (bicyclic) bond motifs is 5. The summed E-state index contributed by atoms with van der Waals surface area (Å²) in [6, 6.07) is 0. The molecule has 0 spiro atoms. The first-order valence-electron chi connectivity index (χ1n) is 10.1. The third-order valence-electron chi connectivity index (χ3n) is 8.72. The molecule has 0 aromatic carbocycles. The molecule has 0 bridgehead atoms. The monoisotopic (exact) mass is 408 g/mol. The van der Waals surface area contributed by atoms with Gasteiger partial charge in [-0.2, -0.15) is 0 Å². The highest BCUT2D eigenvalue weighted by Crippen LogP contribution is 2.71. The maximum absolute atomic E-state index is 16.7. The van der Waals surface area contributed by atoms with Gasteiger partial charge in [-0.05, 0) is 56.6 Å². The normalized spacial score (nSPS) is 51.0. The molecule has 7 heteroatoms. The smallest absolute Gasteiger partial charge is 0.375 e. The minimum absolute atomic E-state index is 0.243. The van der Waals surface area contributed by atoms with E-state index in [0.29, 0.717) is 12.0 Å². The SMILES string of the molecule is CC1C[C@H]2[C@@H]3CCC4=CC(=O)C=C[C@]4(C)[C@@]3(F)C(F)C[C@]2(C)[C@@]1(O)C(=O)C(=O)O. The van der Waals surface area contributed by atoms with Gasteiger partial charge in [0.1, 0.15) is 11.8 Å². The zero-order valence-corrected chi connectivity index (χ0v) is 16.7. The lowest BCUT2D eigenvalue weighted by molar-refractivity contribution is -0.205. The summed E-state index contributed by atoms with van der Waals surface area (Å²) in [5, 5.41) is 20.6. The molecule has 0 aliphatic heterocycles. The Hall–Kier alpha value is -1.89. The Labute approximate surface area is 167 Å². The molecule has 0 amide bonds. The third kappa shape index (κ3) is 2.15. The van der Waals surface area contributed by atoms with E-state index < -0.39 is 64.2 Å². The lowest BCUT2D eigenvalue weighted by atomic mass is 9.45. The molecule has 0 aromatic rings. The molecular weight excluding hydrogens is 382 g/mol. The molecule has 5 nitrogen and oxygen atoms in total. The van der Waals surface area contributed by atoms with Gasteiger partial charge in [-0.3, -0.25) is 9.59 Å². The van der Waals surface area contributed by atoms with Gasteiger partial charge in [-0.1, -0.05) is 25.5 Å². The van der Waals surface area contributed by atoms with Gasteiger partial charge in [0.15, 0.2) is 11.5 Å². The fourth-order valence-electron chi connectivity index (χ4n) is 7.13. The van der Waals surface area contributed by atoms with Crippen LogP contribution in [0.2, 0.25) is 0 Å². The Morgan fingerprint density at radius 2 is 1.90 bits per heavy atom. The van der Waals surface area contributed by atoms with E-state index in [9.17, 15) is 24.6 Å². The van der Waals surface area contributed by atoms with Crippen LogP contribution in [0.25, 0.3) is 0 Å². The molecule has 0 aromatic heterocycles. The number of Topliss-reactive ketones (excluding diaryl/α,β-unsaturated/α-hetero) is 1. The van der Waals surface area contributed by atoms with E-state index >= 15 is 8.78 Å². The molecule has 3 fully saturated rings. The van der Waals surface area contributed by atoms with Gasteiger partial charge >= 0.3 is 5.97 Å². The van der Waals surface area contributed by atoms with Gasteiger partial charge in [0.2, 0.25) is 0 Å². The number of aliphatic hydroxyl groups is 1. The van der Waals surface area contributed by atoms with E-state index in [-0.39, 0.29) is 18.6 Å². The van der Waals surface area contributed by atoms with Crippen LogP contribution in [-0.4, -0.2) is 45.2 Å². The second kappa shape index (κ2) is 5.84. The molecule has 0 saturated heterocycles. The Balaban J connectivity index is 1.84. The number of allylic oxidation sites excluding steroid dienone is 4. The van der Waals surface area contributed by atoms with E-state index in [4.69, 9.17) is 0 Å². The number of hydrogen-bond acceptors (Lipinski definition) is 4. The van der Waals surface area contributed by atoms with Crippen molar-refractivity contribution >= 4 is 17.5 Å². The zero-order chi connectivity index (χ0) is 21.6. The number of carboxylic acids is 1. The first-order valence-corrected chi connectivity index (χ1v) is 10.1. The molecule has 0 radical (unpaired) electrons. The lowest BCUT2D eigenvalue weighted by Crippen LogP contribution is -2.68. The molecule has 29 heavy (non-hydrogen) atoms. The Bertz CT molecular complexity index is 880. The maximum Gasteiger partial charge on any atom is 0.375 e. The summed E-state index contributed by atoms with van der Waals surface area (Å²) >= 11 is 0. The summed E-state index contributed by atoms with van der Waals surface area (Å²) in [6.45, 7) is 4.71. The van der Waals surface area contributed by atoms with Crippen molar-refractivity contribution in [2.75, 3.05) is 0 Å². The second-order valence-electron chi connectivity index (χ2n) is 9.75. The topological polar surface area (TPSA) is 91.7 Å². The summed E-state index contributed by atoms with van der Waals surface area (Å²) in [5.74, 6) is -5.43. The standard InChI is InChI=1S/C22H26F2O5/c1-11-8-15-14-5-4-12-9-13(25)6-7-19(12,2)21(14,24)16(23)10-20(15,3)22(11,29)17(26)18(27)28/h6-7,9,11,14-16,29H,4-5,8,10H2,1-3H3,(H,27,28)/t11?,14-,15-,16?,19-,20-,21-,22-/m0/s1. The quantitative estimate of drug-likeness (QED) is 0.686. The number of aliphatic carboxylic acids is 1. The van der Waals surface area contributed by atoms with Crippen LogP contribution >= 0.6 is 0 Å². The highest BCUT2D eigenvalue weighted by Gasteiger charge is 2.76. The van der Waals surface area contributed by atoms with Crippen molar-refractivity contribution in [3.05, 3.63) is 23.8 Å². The first kappa shape index (κ1) is 20.4. The third-order valence-corrected chi connectivity index (χ3v) is 8.72. The van der Waals surface area contributed by atoms with Crippen molar-refractivity contribution in [1.29, 1.82) is 0 Å². The van der Waals surface area contributed by atoms with Gasteiger partial charge < -0.3 is 10.2 Å². The van der Waals surface area contributed by atoms with Crippen molar-refractivity contribution in [2.45, 2.75) is 63.9 Å². The van der Waals surface area contributed by atoms with Crippen molar-refractivity contribution in [1.82, 2.24) is 0 Å². The molecular formula is C22H26F2O5. The molecule has 0 heterocycles. The van der Waals surface area contributed by atoms with Crippen LogP contribution < -0.4 is 0 Å². The van der Waals surface area contributed by atoms with Crippen molar-refractivity contribution < 1.29 is 33.4 Å². The number of halogens is 2. The predicted octanol–water partition coefficient (Wildman–Crippen LogP) is 2.97. The lowest BCUT2D eigenvalue weighted by Gasteiger charge is -2.61. The predicted molar refractivity (Wildman–Crippen MR) is 99.4 cm³/mol. The van der Waals surface area contributed by atoms with Gasteiger partial charge in [0.25, 0.3) is 5.78 Å². The minimum atomic E-state index is -2.30. The molecule has 2 unspecified atom stereocenters. The van der Waals surface area contributed by atoms with Crippen molar-refractivity contribution in [3.63, 3.8) is 0 Å². The van der Waals surface area contributed by atoms with Crippen LogP contribution in [0.1, 0.15) is 46.5 Å². The van der Waals surface area contributed by atoms with Gasteiger partial charge in [0.05, 0.1) is 0 Å². The molecule has 158 valence electrons. The van der Waals surface area contributed by atoms with E-state index in [1.165, 1.54) is 25.2 Å². The van der Waals surface area contributed by atoms with E-state index in [1.807, 2.05) is 0 Å². The fraction of sp³-hybridized carbons (Fsp3) is 0.682. The maximum atomic E-state index is 16.7. The molecule has 4 aliphatic carbocycles. The van der Waals surface area contributed by atoms with Gasteiger partial charge in [-0.25, -0.2) is 13.6 Å². The van der Waals surface area contributed by atoms with Crippen LogP contribution in [0.4, 0.5) is 8.78 Å². The number of hydrogen-bond donors (Lipinski definition) is 2. The molecule has 4 aliphatic rings. The highest BCUT2D eigenvalue weighted by molar-refractivity contribution is 6.36. The van der Waals surface area contributed by atoms with Crippen LogP contribution in [0.5, 0.6) is 0 Å². The van der Waals surface area contributed by atoms with Gasteiger partial charge in [0, 0.05) is 16.7 Å². The number of rotatable bonds is 2. The summed E-state index contributed by atoms with van der Waals surface area (Å²) in [6.07, 6.45) is 2.60. The Morgan fingerprint density at radius 3 is 2.52 bits per heavy atom. The second-order valence-corrected chi connectivity index (χ2v) is 9.75. The number of ketones is 2. The summed E-state index contributed by atoms with van der Waals surface area (Å²) in [5.41, 5.74) is -6.64. The van der Waals surface area contributed by atoms with E-state index in [0.717, 1.165) is 0 Å². The van der Waals surface area contributed by atoms with Crippen molar-refractivity contribution in [3.8, 4) is 0 Å². The summed E-state index contributed by atoms with van der Waals surface area (Å²) in [4.78, 5) is 35.7. The van der Waals surface area contributed by atoms with Crippen LogP contribution in [-0.2, 0) is 14.4 Å².